The lowest BCUT2D eigenvalue weighted by atomic mass is 10.2. The number of nitrogens with zero attached hydrogens (tertiary/aromatic N) is 1. The highest BCUT2D eigenvalue weighted by atomic mass is 35.5. The summed E-state index contributed by atoms with van der Waals surface area (Å²) < 4.78 is 18.0. The lowest BCUT2D eigenvalue weighted by Gasteiger charge is -2.16. The molecule has 0 fully saturated rings. The number of halogens is 2. The van der Waals surface area contributed by atoms with Crippen molar-refractivity contribution >= 4 is 23.5 Å². The van der Waals surface area contributed by atoms with Crippen LogP contribution in [0.3, 0.4) is 0 Å². The molecule has 0 radical (unpaired) electrons. The molecule has 0 spiro atoms. The molecule has 0 unspecified atom stereocenters. The van der Waals surface area contributed by atoms with Crippen LogP contribution in [0.15, 0.2) is 18.2 Å². The maximum atomic E-state index is 13.5. The monoisotopic (exact) mass is 273 g/mol. The van der Waals surface area contributed by atoms with Crippen molar-refractivity contribution in [3.8, 4) is 0 Å². The second-order valence-electron chi connectivity index (χ2n) is 3.68. The van der Waals surface area contributed by atoms with E-state index in [4.69, 9.17) is 11.6 Å². The molecule has 0 aromatic heterocycles. The van der Waals surface area contributed by atoms with Gasteiger partial charge in [-0.25, -0.2) is 4.39 Å². The summed E-state index contributed by atoms with van der Waals surface area (Å²) >= 11 is 5.60. The van der Waals surface area contributed by atoms with Crippen LogP contribution in [0.1, 0.15) is 16.8 Å². The number of rotatable bonds is 4. The molecule has 98 valence electrons. The number of hydrogen-bond donors (Lipinski definition) is 0. The Hall–Kier alpha value is -1.62. The van der Waals surface area contributed by atoms with Crippen molar-refractivity contribution in [1.29, 1.82) is 0 Å². The van der Waals surface area contributed by atoms with Gasteiger partial charge in [-0.2, -0.15) is 0 Å². The van der Waals surface area contributed by atoms with E-state index in [9.17, 15) is 14.0 Å². The highest BCUT2D eigenvalue weighted by Gasteiger charge is 2.17. The second kappa shape index (κ2) is 6.35. The molecule has 0 aliphatic carbocycles. The van der Waals surface area contributed by atoms with Gasteiger partial charge < -0.3 is 9.64 Å². The minimum Gasteiger partial charge on any atom is -0.469 e. The number of esters is 1. The predicted molar refractivity (Wildman–Crippen MR) is 65.0 cm³/mol. The van der Waals surface area contributed by atoms with Gasteiger partial charge in [0.05, 0.1) is 19.1 Å². The summed E-state index contributed by atoms with van der Waals surface area (Å²) in [5, 5.41) is 0.223. The third-order valence-corrected chi connectivity index (χ3v) is 2.62. The first-order valence-electron chi connectivity index (χ1n) is 5.23. The number of ether oxygens (including phenoxy) is 1. The molecule has 0 aliphatic rings. The highest BCUT2D eigenvalue weighted by Crippen LogP contribution is 2.16. The molecule has 18 heavy (non-hydrogen) atoms. The van der Waals surface area contributed by atoms with E-state index in [2.05, 4.69) is 4.74 Å². The lowest BCUT2D eigenvalue weighted by molar-refractivity contribution is -0.140. The largest absolute Gasteiger partial charge is 0.469 e. The zero-order valence-corrected chi connectivity index (χ0v) is 10.8. The van der Waals surface area contributed by atoms with Gasteiger partial charge in [-0.3, -0.25) is 9.59 Å². The highest BCUT2D eigenvalue weighted by molar-refractivity contribution is 6.30. The van der Waals surface area contributed by atoms with Gasteiger partial charge in [0.15, 0.2) is 0 Å². The number of carbonyl (C=O) groups is 2. The van der Waals surface area contributed by atoms with Gasteiger partial charge >= 0.3 is 5.97 Å². The molecular formula is C12H13ClFNO3. The van der Waals surface area contributed by atoms with Gasteiger partial charge in [0.2, 0.25) is 0 Å². The molecule has 0 saturated carbocycles. The Morgan fingerprint density at radius 3 is 2.67 bits per heavy atom. The van der Waals surface area contributed by atoms with Crippen molar-refractivity contribution in [3.05, 3.63) is 34.6 Å². The van der Waals surface area contributed by atoms with E-state index in [1.165, 1.54) is 31.2 Å². The number of carbonyl (C=O) groups excluding carboxylic acids is 2. The minimum absolute atomic E-state index is 0.0634. The van der Waals surface area contributed by atoms with Crippen LogP contribution in [0.25, 0.3) is 0 Å². The maximum absolute atomic E-state index is 13.5. The topological polar surface area (TPSA) is 46.6 Å². The summed E-state index contributed by atoms with van der Waals surface area (Å²) in [7, 11) is 2.75. The summed E-state index contributed by atoms with van der Waals surface area (Å²) in [5.74, 6) is -1.61. The fourth-order valence-corrected chi connectivity index (χ4v) is 1.49. The summed E-state index contributed by atoms with van der Waals surface area (Å²) in [6.07, 6.45) is 0.0634. The number of hydrogen-bond acceptors (Lipinski definition) is 3. The molecule has 1 rings (SSSR count). The van der Waals surface area contributed by atoms with Crippen molar-refractivity contribution in [2.24, 2.45) is 0 Å². The summed E-state index contributed by atoms with van der Waals surface area (Å²) in [6, 6.07) is 3.82. The smallest absolute Gasteiger partial charge is 0.307 e. The van der Waals surface area contributed by atoms with E-state index in [-0.39, 0.29) is 23.6 Å². The average Bonchev–Trinajstić information content (AvgIpc) is 2.34. The molecule has 0 N–H and O–H groups in total. The fourth-order valence-electron chi connectivity index (χ4n) is 1.33. The molecule has 0 bridgehead atoms. The number of benzene rings is 1. The van der Waals surface area contributed by atoms with E-state index in [1.807, 2.05) is 0 Å². The first-order valence-corrected chi connectivity index (χ1v) is 5.61. The van der Waals surface area contributed by atoms with Gasteiger partial charge in [-0.05, 0) is 18.2 Å². The van der Waals surface area contributed by atoms with Crippen LogP contribution in [0.5, 0.6) is 0 Å². The van der Waals surface area contributed by atoms with Gasteiger partial charge in [0.1, 0.15) is 5.82 Å². The zero-order valence-electron chi connectivity index (χ0n) is 10.1. The van der Waals surface area contributed by atoms with Crippen LogP contribution in [0, 0.1) is 5.82 Å². The van der Waals surface area contributed by atoms with Crippen molar-refractivity contribution in [1.82, 2.24) is 4.90 Å². The zero-order chi connectivity index (χ0) is 13.7. The van der Waals surface area contributed by atoms with Crippen LogP contribution >= 0.6 is 11.6 Å². The molecule has 0 saturated heterocycles. The lowest BCUT2D eigenvalue weighted by Crippen LogP contribution is -2.29. The average molecular weight is 274 g/mol. The Morgan fingerprint density at radius 1 is 1.44 bits per heavy atom. The predicted octanol–water partition coefficient (Wildman–Crippen LogP) is 2.11. The minimum atomic E-state index is -0.683. The fraction of sp³-hybridized carbons (Fsp3) is 0.333. The molecule has 0 aliphatic heterocycles. The van der Waals surface area contributed by atoms with E-state index < -0.39 is 17.7 Å². The van der Waals surface area contributed by atoms with Gasteiger partial charge in [0, 0.05) is 18.6 Å². The number of methoxy groups -OCH3 is 1. The Labute approximate surface area is 109 Å². The Morgan fingerprint density at radius 2 is 2.11 bits per heavy atom. The molecule has 1 amide bonds. The molecule has 1 aromatic carbocycles. The van der Waals surface area contributed by atoms with E-state index >= 15 is 0 Å². The van der Waals surface area contributed by atoms with Crippen LogP contribution in [0.2, 0.25) is 5.02 Å². The van der Waals surface area contributed by atoms with Crippen LogP contribution in [-0.2, 0) is 9.53 Å². The van der Waals surface area contributed by atoms with E-state index in [0.29, 0.717) is 0 Å². The molecule has 0 heterocycles. The molecule has 1 aromatic rings. The van der Waals surface area contributed by atoms with Gasteiger partial charge in [-0.1, -0.05) is 11.6 Å². The van der Waals surface area contributed by atoms with Crippen LogP contribution in [-0.4, -0.2) is 37.5 Å². The summed E-state index contributed by atoms with van der Waals surface area (Å²) in [4.78, 5) is 24.1. The maximum Gasteiger partial charge on any atom is 0.307 e. The summed E-state index contributed by atoms with van der Waals surface area (Å²) in [6.45, 7) is 0.160. The van der Waals surface area contributed by atoms with Crippen molar-refractivity contribution in [3.63, 3.8) is 0 Å². The third-order valence-electron chi connectivity index (χ3n) is 2.39. The Bertz CT molecular complexity index is 465. The van der Waals surface area contributed by atoms with Crippen LogP contribution in [0.4, 0.5) is 4.39 Å². The van der Waals surface area contributed by atoms with Crippen molar-refractivity contribution < 1.29 is 18.7 Å². The molecule has 6 heteroatoms. The summed E-state index contributed by atoms with van der Waals surface area (Å²) in [5.41, 5.74) is -0.0771. The normalized spacial score (nSPS) is 10.0. The van der Waals surface area contributed by atoms with E-state index in [0.717, 1.165) is 6.07 Å². The molecular weight excluding hydrogens is 261 g/mol. The van der Waals surface area contributed by atoms with E-state index in [1.54, 1.807) is 0 Å². The van der Waals surface area contributed by atoms with Crippen LogP contribution < -0.4 is 0 Å². The quantitative estimate of drug-likeness (QED) is 0.790. The third kappa shape index (κ3) is 3.70. The first-order chi connectivity index (χ1) is 8.45. The van der Waals surface area contributed by atoms with Gasteiger partial charge in [-0.15, -0.1) is 0 Å². The Kier molecular flexibility index (Phi) is 5.09. The SMILES string of the molecule is COC(=O)CCN(C)C(=O)c1ccc(Cl)cc1F. The standard InChI is InChI=1S/C12H13ClFNO3/c1-15(6-5-11(16)18-2)12(17)9-4-3-8(13)7-10(9)14/h3-4,7H,5-6H2,1-2H3. The number of amides is 1. The first kappa shape index (κ1) is 14.4. The second-order valence-corrected chi connectivity index (χ2v) is 4.11. The van der Waals surface area contributed by atoms with Gasteiger partial charge in [0.25, 0.3) is 5.91 Å². The molecule has 0 atom stereocenters. The van der Waals surface area contributed by atoms with Crippen molar-refractivity contribution in [2.75, 3.05) is 20.7 Å². The van der Waals surface area contributed by atoms with Crippen molar-refractivity contribution in [2.45, 2.75) is 6.42 Å². The Balaban J connectivity index is 2.71. The molecule has 4 nitrogen and oxygen atoms in total.